The van der Waals surface area contributed by atoms with Gasteiger partial charge >= 0.3 is 0 Å². The quantitative estimate of drug-likeness (QED) is 0.733. The fourth-order valence-corrected chi connectivity index (χ4v) is 2.21. The smallest absolute Gasteiger partial charge is 0.127 e. The predicted molar refractivity (Wildman–Crippen MR) is 89.3 cm³/mol. The number of aryl methyl sites for hydroxylation is 1. The lowest BCUT2D eigenvalue weighted by Crippen LogP contribution is -2.01. The molecule has 0 aliphatic carbocycles. The highest BCUT2D eigenvalue weighted by Gasteiger charge is 2.01. The fourth-order valence-electron chi connectivity index (χ4n) is 2.21. The summed E-state index contributed by atoms with van der Waals surface area (Å²) in [6.07, 6.45) is 3.65. The first-order chi connectivity index (χ1) is 10.8. The number of para-hydroxylation sites is 1. The van der Waals surface area contributed by atoms with Crippen LogP contribution in [0, 0.1) is 6.92 Å². The zero-order valence-corrected chi connectivity index (χ0v) is 12.5. The summed E-state index contributed by atoms with van der Waals surface area (Å²) < 4.78 is 5.86. The van der Waals surface area contributed by atoms with Gasteiger partial charge in [-0.3, -0.25) is 4.98 Å². The van der Waals surface area contributed by atoms with Crippen LogP contribution in [0.25, 0.3) is 0 Å². The molecule has 0 saturated heterocycles. The van der Waals surface area contributed by atoms with E-state index in [1.165, 1.54) is 5.56 Å². The highest BCUT2D eigenvalue weighted by atomic mass is 16.5. The lowest BCUT2D eigenvalue weighted by molar-refractivity contribution is 0.482. The molecule has 3 aromatic rings. The highest BCUT2D eigenvalue weighted by molar-refractivity contribution is 5.49. The predicted octanol–water partition coefficient (Wildman–Crippen LogP) is 4.79. The fraction of sp³-hybridized carbons (Fsp3) is 0.105. The van der Waals surface area contributed by atoms with Gasteiger partial charge in [0.15, 0.2) is 0 Å². The Labute approximate surface area is 130 Å². The van der Waals surface area contributed by atoms with Gasteiger partial charge in [0.2, 0.25) is 0 Å². The van der Waals surface area contributed by atoms with E-state index in [1.807, 2.05) is 61.7 Å². The standard InChI is InChI=1S/C19H18N2O/c1-15-13-20-11-10-19(15)21-14-16-6-5-9-18(12-16)22-17-7-3-2-4-8-17/h2-13H,14H2,1H3,(H,20,21). The Balaban J connectivity index is 1.68. The van der Waals surface area contributed by atoms with Crippen molar-refractivity contribution in [1.82, 2.24) is 4.98 Å². The summed E-state index contributed by atoms with van der Waals surface area (Å²) in [5, 5.41) is 3.42. The minimum Gasteiger partial charge on any atom is -0.457 e. The highest BCUT2D eigenvalue weighted by Crippen LogP contribution is 2.22. The molecule has 2 aromatic carbocycles. The molecule has 1 heterocycles. The van der Waals surface area contributed by atoms with Gasteiger partial charge in [0, 0.05) is 24.6 Å². The first-order valence-electron chi connectivity index (χ1n) is 7.27. The van der Waals surface area contributed by atoms with E-state index in [0.29, 0.717) is 0 Å². The van der Waals surface area contributed by atoms with Crippen molar-refractivity contribution in [3.63, 3.8) is 0 Å². The second kappa shape index (κ2) is 6.76. The Kier molecular flexibility index (Phi) is 4.35. The first-order valence-corrected chi connectivity index (χ1v) is 7.27. The van der Waals surface area contributed by atoms with Gasteiger partial charge in [0.05, 0.1) is 0 Å². The van der Waals surface area contributed by atoms with Crippen molar-refractivity contribution in [3.8, 4) is 11.5 Å². The summed E-state index contributed by atoms with van der Waals surface area (Å²) in [5.41, 5.74) is 3.41. The van der Waals surface area contributed by atoms with Gasteiger partial charge in [-0.05, 0) is 48.4 Å². The summed E-state index contributed by atoms with van der Waals surface area (Å²) >= 11 is 0. The zero-order valence-electron chi connectivity index (χ0n) is 12.5. The molecule has 0 atom stereocenters. The van der Waals surface area contributed by atoms with Crippen LogP contribution in [0.5, 0.6) is 11.5 Å². The Morgan fingerprint density at radius 1 is 0.955 bits per heavy atom. The third-order valence-corrected chi connectivity index (χ3v) is 3.38. The van der Waals surface area contributed by atoms with Crippen LogP contribution in [0.1, 0.15) is 11.1 Å². The molecule has 3 nitrogen and oxygen atoms in total. The molecule has 0 radical (unpaired) electrons. The molecule has 0 unspecified atom stereocenters. The number of nitrogens with zero attached hydrogens (tertiary/aromatic N) is 1. The van der Waals surface area contributed by atoms with E-state index in [2.05, 4.69) is 22.4 Å². The Bertz CT molecular complexity index is 741. The number of hydrogen-bond donors (Lipinski definition) is 1. The van der Waals surface area contributed by atoms with E-state index >= 15 is 0 Å². The van der Waals surface area contributed by atoms with Crippen molar-refractivity contribution in [2.45, 2.75) is 13.5 Å². The molecule has 0 spiro atoms. The second-order valence-corrected chi connectivity index (χ2v) is 5.11. The van der Waals surface area contributed by atoms with Gasteiger partial charge in [0.25, 0.3) is 0 Å². The van der Waals surface area contributed by atoms with E-state index < -0.39 is 0 Å². The average molecular weight is 290 g/mol. The Hall–Kier alpha value is -2.81. The number of pyridine rings is 1. The van der Waals surface area contributed by atoms with Crippen molar-refractivity contribution in [2.75, 3.05) is 5.32 Å². The van der Waals surface area contributed by atoms with Crippen LogP contribution in [0.4, 0.5) is 5.69 Å². The number of ether oxygens (including phenoxy) is 1. The van der Waals surface area contributed by atoms with Gasteiger partial charge in [-0.2, -0.15) is 0 Å². The third-order valence-electron chi connectivity index (χ3n) is 3.38. The topological polar surface area (TPSA) is 34.2 Å². The van der Waals surface area contributed by atoms with E-state index in [9.17, 15) is 0 Å². The van der Waals surface area contributed by atoms with Gasteiger partial charge < -0.3 is 10.1 Å². The minimum atomic E-state index is 0.747. The van der Waals surface area contributed by atoms with E-state index in [0.717, 1.165) is 29.3 Å². The molecule has 22 heavy (non-hydrogen) atoms. The number of aromatic nitrogens is 1. The van der Waals surface area contributed by atoms with E-state index in [-0.39, 0.29) is 0 Å². The van der Waals surface area contributed by atoms with Gasteiger partial charge in [-0.1, -0.05) is 30.3 Å². The third kappa shape index (κ3) is 3.64. The number of anilines is 1. The van der Waals surface area contributed by atoms with Crippen LogP contribution in [-0.4, -0.2) is 4.98 Å². The maximum atomic E-state index is 5.86. The summed E-state index contributed by atoms with van der Waals surface area (Å²) in [5.74, 6) is 1.69. The summed E-state index contributed by atoms with van der Waals surface area (Å²) in [7, 11) is 0. The molecule has 1 aromatic heterocycles. The molecule has 0 amide bonds. The van der Waals surface area contributed by atoms with Crippen molar-refractivity contribution in [2.24, 2.45) is 0 Å². The number of nitrogens with one attached hydrogen (secondary N) is 1. The van der Waals surface area contributed by atoms with Crippen LogP contribution in [0.3, 0.4) is 0 Å². The Morgan fingerprint density at radius 2 is 1.77 bits per heavy atom. The normalized spacial score (nSPS) is 10.2. The van der Waals surface area contributed by atoms with Gasteiger partial charge in [0.1, 0.15) is 11.5 Å². The molecule has 3 rings (SSSR count). The summed E-state index contributed by atoms with van der Waals surface area (Å²) in [6, 6.07) is 19.9. The first kappa shape index (κ1) is 14.1. The number of hydrogen-bond acceptors (Lipinski definition) is 3. The molecular formula is C19H18N2O. The van der Waals surface area contributed by atoms with Crippen molar-refractivity contribution < 1.29 is 4.74 Å². The summed E-state index contributed by atoms with van der Waals surface area (Å²) in [4.78, 5) is 4.10. The lowest BCUT2D eigenvalue weighted by Gasteiger charge is -2.10. The Morgan fingerprint density at radius 3 is 2.59 bits per heavy atom. The maximum absolute atomic E-state index is 5.86. The zero-order chi connectivity index (χ0) is 15.2. The van der Waals surface area contributed by atoms with Crippen LogP contribution in [0.2, 0.25) is 0 Å². The molecule has 0 bridgehead atoms. The average Bonchev–Trinajstić information content (AvgIpc) is 2.55. The van der Waals surface area contributed by atoms with Crippen molar-refractivity contribution in [3.05, 3.63) is 84.2 Å². The summed E-state index contributed by atoms with van der Waals surface area (Å²) in [6.45, 7) is 2.79. The molecule has 3 heteroatoms. The van der Waals surface area contributed by atoms with Crippen LogP contribution < -0.4 is 10.1 Å². The lowest BCUT2D eigenvalue weighted by atomic mass is 10.2. The molecule has 0 fully saturated rings. The van der Waals surface area contributed by atoms with Crippen molar-refractivity contribution in [1.29, 1.82) is 0 Å². The molecule has 0 aliphatic heterocycles. The van der Waals surface area contributed by atoms with Gasteiger partial charge in [-0.25, -0.2) is 0 Å². The van der Waals surface area contributed by atoms with Crippen LogP contribution in [0.15, 0.2) is 73.1 Å². The molecular weight excluding hydrogens is 272 g/mol. The molecule has 0 aliphatic rings. The largest absolute Gasteiger partial charge is 0.457 e. The van der Waals surface area contributed by atoms with E-state index in [4.69, 9.17) is 4.74 Å². The SMILES string of the molecule is Cc1cnccc1NCc1cccc(Oc2ccccc2)c1. The van der Waals surface area contributed by atoms with Crippen LogP contribution in [-0.2, 0) is 6.54 Å². The molecule has 1 N–H and O–H groups in total. The number of benzene rings is 2. The monoisotopic (exact) mass is 290 g/mol. The molecule has 110 valence electrons. The second-order valence-electron chi connectivity index (χ2n) is 5.11. The van der Waals surface area contributed by atoms with E-state index in [1.54, 1.807) is 6.20 Å². The van der Waals surface area contributed by atoms with Crippen molar-refractivity contribution >= 4 is 5.69 Å². The molecule has 0 saturated carbocycles. The number of rotatable bonds is 5. The maximum Gasteiger partial charge on any atom is 0.127 e. The van der Waals surface area contributed by atoms with Crippen LogP contribution >= 0.6 is 0 Å². The minimum absolute atomic E-state index is 0.747. The van der Waals surface area contributed by atoms with Gasteiger partial charge in [-0.15, -0.1) is 0 Å².